The maximum Gasteiger partial charge on any atom is 0.0649 e. The first-order chi connectivity index (χ1) is 9.25. The van der Waals surface area contributed by atoms with Crippen molar-refractivity contribution in [2.45, 2.75) is 50.7 Å². The summed E-state index contributed by atoms with van der Waals surface area (Å²) in [6.07, 6.45) is 6.21. The molecule has 0 saturated heterocycles. The first-order valence-electron chi connectivity index (χ1n) is 7.70. The number of aliphatic hydroxyl groups excluding tert-OH is 1. The predicted molar refractivity (Wildman–Crippen MR) is 78.1 cm³/mol. The zero-order chi connectivity index (χ0) is 13.2. The van der Waals surface area contributed by atoms with Gasteiger partial charge in [-0.15, -0.1) is 0 Å². The van der Waals surface area contributed by atoms with Gasteiger partial charge in [0.1, 0.15) is 0 Å². The second kappa shape index (κ2) is 5.64. The molecule has 1 heterocycles. The molecule has 1 N–H and O–H groups in total. The van der Waals surface area contributed by atoms with E-state index in [1.54, 1.807) is 0 Å². The Morgan fingerprint density at radius 1 is 1.16 bits per heavy atom. The van der Waals surface area contributed by atoms with E-state index in [1.807, 2.05) is 0 Å². The summed E-state index contributed by atoms with van der Waals surface area (Å²) < 4.78 is 0. The number of likely N-dealkylation sites (N-methyl/N-ethyl adjacent to an activating group) is 1. The maximum absolute atomic E-state index is 10.8. The van der Waals surface area contributed by atoms with Gasteiger partial charge < -0.3 is 10.0 Å². The lowest BCUT2D eigenvalue weighted by atomic mass is 9.76. The highest BCUT2D eigenvalue weighted by Crippen LogP contribution is 2.37. The molecule has 1 aromatic carbocycles. The van der Waals surface area contributed by atoms with E-state index in [0.717, 1.165) is 13.1 Å². The van der Waals surface area contributed by atoms with E-state index in [0.29, 0.717) is 11.8 Å². The molecule has 2 aliphatic rings. The van der Waals surface area contributed by atoms with Crippen molar-refractivity contribution in [3.05, 3.63) is 35.4 Å². The van der Waals surface area contributed by atoms with Crippen LogP contribution in [0.1, 0.15) is 49.1 Å². The molecule has 0 bridgehead atoms. The molecule has 0 radical (unpaired) electrons. The fourth-order valence-electron chi connectivity index (χ4n) is 3.93. The smallest absolute Gasteiger partial charge is 0.0649 e. The molecule has 2 nitrogen and oxygen atoms in total. The van der Waals surface area contributed by atoms with Gasteiger partial charge in [0, 0.05) is 19.0 Å². The summed E-state index contributed by atoms with van der Waals surface area (Å²) in [6, 6.07) is 8.66. The molecule has 1 aliphatic carbocycles. The van der Waals surface area contributed by atoms with Crippen LogP contribution in [0.25, 0.3) is 0 Å². The van der Waals surface area contributed by atoms with Gasteiger partial charge >= 0.3 is 0 Å². The van der Waals surface area contributed by atoms with Crippen molar-refractivity contribution < 1.29 is 5.11 Å². The van der Waals surface area contributed by atoms with Gasteiger partial charge in [0.2, 0.25) is 0 Å². The third-order valence-corrected chi connectivity index (χ3v) is 4.95. The van der Waals surface area contributed by atoms with Gasteiger partial charge in [0.05, 0.1) is 6.10 Å². The summed E-state index contributed by atoms with van der Waals surface area (Å²) in [4.78, 5) is 2.35. The van der Waals surface area contributed by atoms with Gasteiger partial charge in [-0.25, -0.2) is 0 Å². The van der Waals surface area contributed by atoms with Crippen LogP contribution < -0.4 is 0 Å². The molecule has 104 valence electrons. The zero-order valence-corrected chi connectivity index (χ0v) is 11.9. The third-order valence-electron chi connectivity index (χ3n) is 4.95. The van der Waals surface area contributed by atoms with Crippen molar-refractivity contribution in [2.24, 2.45) is 5.92 Å². The number of nitrogens with zero attached hydrogens (tertiary/aromatic N) is 1. The van der Waals surface area contributed by atoms with Crippen LogP contribution in [0.15, 0.2) is 24.3 Å². The third kappa shape index (κ3) is 2.70. The Kier molecular flexibility index (Phi) is 3.90. The zero-order valence-electron chi connectivity index (χ0n) is 11.9. The molecular formula is C17H25NO. The Bertz CT molecular complexity index is 425. The molecule has 0 amide bonds. The first-order valence-corrected chi connectivity index (χ1v) is 7.70. The van der Waals surface area contributed by atoms with Crippen molar-refractivity contribution in [3.8, 4) is 0 Å². The number of hydrogen-bond acceptors (Lipinski definition) is 2. The van der Waals surface area contributed by atoms with E-state index in [9.17, 15) is 5.11 Å². The van der Waals surface area contributed by atoms with E-state index in [2.05, 4.69) is 36.2 Å². The van der Waals surface area contributed by atoms with Crippen LogP contribution in [0.2, 0.25) is 0 Å². The minimum absolute atomic E-state index is 0.163. The molecular weight excluding hydrogens is 234 g/mol. The number of hydrogen-bond donors (Lipinski definition) is 1. The van der Waals surface area contributed by atoms with Crippen molar-refractivity contribution in [3.63, 3.8) is 0 Å². The average molecular weight is 259 g/mol. The molecule has 1 aliphatic heterocycles. The number of fused-ring (bicyclic) bond motifs is 1. The summed E-state index contributed by atoms with van der Waals surface area (Å²) in [7, 11) is 2.16. The van der Waals surface area contributed by atoms with Crippen LogP contribution in [-0.4, -0.2) is 29.7 Å². The molecule has 0 aromatic heterocycles. The minimum Gasteiger partial charge on any atom is -0.392 e. The fraction of sp³-hybridized carbons (Fsp3) is 0.647. The van der Waals surface area contributed by atoms with Gasteiger partial charge in [-0.1, -0.05) is 43.5 Å². The number of aliphatic hydroxyl groups is 1. The Balaban J connectivity index is 1.83. The second-order valence-corrected chi connectivity index (χ2v) is 6.39. The van der Waals surface area contributed by atoms with Crippen molar-refractivity contribution in [2.75, 3.05) is 13.6 Å². The van der Waals surface area contributed by atoms with Gasteiger partial charge in [-0.2, -0.15) is 0 Å². The van der Waals surface area contributed by atoms with Crippen LogP contribution in [0.3, 0.4) is 0 Å². The first kappa shape index (κ1) is 13.1. The van der Waals surface area contributed by atoms with Crippen molar-refractivity contribution in [1.82, 2.24) is 4.90 Å². The fourth-order valence-corrected chi connectivity index (χ4v) is 3.93. The van der Waals surface area contributed by atoms with Crippen LogP contribution in [0, 0.1) is 5.92 Å². The molecule has 2 atom stereocenters. The van der Waals surface area contributed by atoms with Crippen LogP contribution in [-0.2, 0) is 6.54 Å². The highest BCUT2D eigenvalue weighted by atomic mass is 16.3. The largest absolute Gasteiger partial charge is 0.392 e. The molecule has 1 fully saturated rings. The van der Waals surface area contributed by atoms with E-state index < -0.39 is 0 Å². The highest BCUT2D eigenvalue weighted by Gasteiger charge is 2.33. The van der Waals surface area contributed by atoms with E-state index in [1.165, 1.54) is 43.2 Å². The predicted octanol–water partition coefficient (Wildman–Crippen LogP) is 3.16. The molecule has 2 unspecified atom stereocenters. The normalized spacial score (nSPS) is 26.9. The Morgan fingerprint density at radius 3 is 2.68 bits per heavy atom. The lowest BCUT2D eigenvalue weighted by Gasteiger charge is -2.38. The molecule has 2 heteroatoms. The minimum atomic E-state index is -0.163. The Morgan fingerprint density at radius 2 is 1.89 bits per heavy atom. The summed E-state index contributed by atoms with van der Waals surface area (Å²) in [5, 5.41) is 10.8. The van der Waals surface area contributed by atoms with E-state index in [4.69, 9.17) is 0 Å². The highest BCUT2D eigenvalue weighted by molar-refractivity contribution is 5.33. The standard InChI is InChI=1S/C17H25NO/c1-18-11-14-9-5-6-10-15(14)16(12-18)17(19)13-7-3-2-4-8-13/h5-6,9-10,13,16-17,19H,2-4,7-8,11-12H2,1H3. The summed E-state index contributed by atoms with van der Waals surface area (Å²) in [5.74, 6) is 0.816. The molecule has 3 rings (SSSR count). The van der Waals surface area contributed by atoms with Crippen LogP contribution in [0.4, 0.5) is 0 Å². The Labute approximate surface area is 116 Å². The van der Waals surface area contributed by atoms with Gasteiger partial charge in [-0.05, 0) is 36.9 Å². The molecule has 19 heavy (non-hydrogen) atoms. The van der Waals surface area contributed by atoms with Gasteiger partial charge in [-0.3, -0.25) is 0 Å². The summed E-state index contributed by atoms with van der Waals surface area (Å²) in [6.45, 7) is 2.01. The Hall–Kier alpha value is -0.860. The quantitative estimate of drug-likeness (QED) is 0.882. The second-order valence-electron chi connectivity index (χ2n) is 6.39. The number of benzene rings is 1. The van der Waals surface area contributed by atoms with Crippen LogP contribution >= 0.6 is 0 Å². The molecule has 0 spiro atoms. The monoisotopic (exact) mass is 259 g/mol. The number of rotatable bonds is 2. The lowest BCUT2D eigenvalue weighted by Crippen LogP contribution is -2.39. The summed E-state index contributed by atoms with van der Waals surface area (Å²) >= 11 is 0. The van der Waals surface area contributed by atoms with Crippen molar-refractivity contribution >= 4 is 0 Å². The topological polar surface area (TPSA) is 23.5 Å². The van der Waals surface area contributed by atoms with Gasteiger partial charge in [0.15, 0.2) is 0 Å². The average Bonchev–Trinajstić information content (AvgIpc) is 2.46. The van der Waals surface area contributed by atoms with Crippen LogP contribution in [0.5, 0.6) is 0 Å². The maximum atomic E-state index is 10.8. The molecule has 1 aromatic rings. The van der Waals surface area contributed by atoms with E-state index in [-0.39, 0.29) is 6.10 Å². The van der Waals surface area contributed by atoms with Crippen molar-refractivity contribution in [1.29, 1.82) is 0 Å². The SMILES string of the molecule is CN1Cc2ccccc2C(C(O)C2CCCCC2)C1. The molecule has 1 saturated carbocycles. The lowest BCUT2D eigenvalue weighted by molar-refractivity contribution is 0.0442. The van der Waals surface area contributed by atoms with Gasteiger partial charge in [0.25, 0.3) is 0 Å². The summed E-state index contributed by atoms with van der Waals surface area (Å²) in [5.41, 5.74) is 2.79. The van der Waals surface area contributed by atoms with E-state index >= 15 is 0 Å².